The van der Waals surface area contributed by atoms with Crippen LogP contribution < -0.4 is 21.5 Å². The highest BCUT2D eigenvalue weighted by atomic mass is 32.2. The summed E-state index contributed by atoms with van der Waals surface area (Å²) < 4.78 is 1.25. The molecule has 3 amide bonds. The number of anilines is 2. The number of amides is 3. The molecule has 10 nitrogen and oxygen atoms in total. The molecule has 11 heteroatoms. The summed E-state index contributed by atoms with van der Waals surface area (Å²) in [6.07, 6.45) is 3.00. The number of carbonyl (C=O) groups excluding carboxylic acids is 3. The van der Waals surface area contributed by atoms with Gasteiger partial charge in [0.1, 0.15) is 11.6 Å². The maximum Gasteiger partial charge on any atom is 0.277 e. The van der Waals surface area contributed by atoms with E-state index in [-0.39, 0.29) is 41.8 Å². The summed E-state index contributed by atoms with van der Waals surface area (Å²) in [5.74, 6) is -0.153. The van der Waals surface area contributed by atoms with Gasteiger partial charge in [-0.25, -0.2) is 4.68 Å². The van der Waals surface area contributed by atoms with Crippen LogP contribution in [0, 0.1) is 0 Å². The highest BCUT2D eigenvalue weighted by Crippen LogP contribution is 2.24. The van der Waals surface area contributed by atoms with E-state index in [0.717, 1.165) is 5.75 Å². The molecule has 0 saturated heterocycles. The number of hydrogen-bond acceptors (Lipinski definition) is 7. The van der Waals surface area contributed by atoms with Crippen molar-refractivity contribution >= 4 is 51.8 Å². The van der Waals surface area contributed by atoms with E-state index in [4.69, 9.17) is 0 Å². The van der Waals surface area contributed by atoms with Crippen LogP contribution in [0.4, 0.5) is 11.4 Å². The third-order valence-corrected chi connectivity index (χ3v) is 6.09. The Labute approximate surface area is 199 Å². The van der Waals surface area contributed by atoms with Crippen molar-refractivity contribution in [3.63, 3.8) is 0 Å². The SMILES string of the molecule is CSCC[C@H]1NC(=O)c2cc(NC(=O)CCCn3nnc4ccccc4c3=O)ccc2NC1=O. The second-order valence-corrected chi connectivity index (χ2v) is 8.83. The quantitative estimate of drug-likeness (QED) is 0.449. The van der Waals surface area contributed by atoms with Crippen LogP contribution in [0.5, 0.6) is 0 Å². The van der Waals surface area contributed by atoms with Gasteiger partial charge >= 0.3 is 0 Å². The zero-order chi connectivity index (χ0) is 24.1. The minimum atomic E-state index is -0.605. The molecule has 2 heterocycles. The molecule has 34 heavy (non-hydrogen) atoms. The summed E-state index contributed by atoms with van der Waals surface area (Å²) >= 11 is 1.60. The molecule has 0 radical (unpaired) electrons. The standard InChI is InChI=1S/C23H24N6O4S/c1-34-12-10-19-22(32)25-17-9-8-14(13-16(17)21(31)26-19)24-20(30)7-4-11-29-23(33)15-5-2-3-6-18(15)27-28-29/h2-3,5-6,8-9,13,19H,4,7,10-12H2,1H3,(H,24,30)(H,25,32)(H,26,31)/t19-/m1/s1. The highest BCUT2D eigenvalue weighted by Gasteiger charge is 2.27. The Kier molecular flexibility index (Phi) is 7.21. The summed E-state index contributed by atoms with van der Waals surface area (Å²) in [5.41, 5.74) is 1.41. The lowest BCUT2D eigenvalue weighted by Crippen LogP contribution is -2.41. The van der Waals surface area contributed by atoms with Gasteiger partial charge < -0.3 is 16.0 Å². The molecule has 0 fully saturated rings. The normalized spacial score (nSPS) is 15.3. The average Bonchev–Trinajstić information content (AvgIpc) is 2.95. The van der Waals surface area contributed by atoms with Gasteiger partial charge in [-0.3, -0.25) is 19.2 Å². The van der Waals surface area contributed by atoms with Crippen molar-refractivity contribution in [2.75, 3.05) is 22.6 Å². The lowest BCUT2D eigenvalue weighted by molar-refractivity contribution is -0.118. The number of aryl methyl sites for hydroxylation is 1. The summed E-state index contributed by atoms with van der Waals surface area (Å²) in [7, 11) is 0. The largest absolute Gasteiger partial charge is 0.340 e. The van der Waals surface area contributed by atoms with Gasteiger partial charge in [0.05, 0.1) is 16.6 Å². The first-order valence-corrected chi connectivity index (χ1v) is 12.2. The van der Waals surface area contributed by atoms with E-state index in [1.54, 1.807) is 54.2 Å². The third-order valence-electron chi connectivity index (χ3n) is 5.44. The molecule has 1 aromatic heterocycles. The molecule has 0 spiro atoms. The van der Waals surface area contributed by atoms with Crippen LogP contribution in [0.3, 0.4) is 0 Å². The number of fused-ring (bicyclic) bond motifs is 2. The van der Waals surface area contributed by atoms with Crippen LogP contribution in [0.25, 0.3) is 10.9 Å². The highest BCUT2D eigenvalue weighted by molar-refractivity contribution is 7.98. The molecule has 0 aliphatic carbocycles. The van der Waals surface area contributed by atoms with E-state index in [1.807, 2.05) is 6.26 Å². The minimum Gasteiger partial charge on any atom is -0.340 e. The van der Waals surface area contributed by atoms with Crippen molar-refractivity contribution in [1.29, 1.82) is 0 Å². The molecule has 1 atom stereocenters. The topological polar surface area (TPSA) is 135 Å². The van der Waals surface area contributed by atoms with E-state index in [1.165, 1.54) is 4.68 Å². The van der Waals surface area contributed by atoms with Gasteiger partial charge in [0.2, 0.25) is 11.8 Å². The molecule has 0 bridgehead atoms. The second kappa shape index (κ2) is 10.5. The Hall–Kier alpha value is -3.73. The predicted octanol–water partition coefficient (Wildman–Crippen LogP) is 2.01. The van der Waals surface area contributed by atoms with Gasteiger partial charge in [0, 0.05) is 18.7 Å². The van der Waals surface area contributed by atoms with Gasteiger partial charge in [-0.05, 0) is 55.2 Å². The van der Waals surface area contributed by atoms with Crippen molar-refractivity contribution in [3.8, 4) is 0 Å². The number of thioether (sulfide) groups is 1. The van der Waals surface area contributed by atoms with Crippen molar-refractivity contribution < 1.29 is 14.4 Å². The van der Waals surface area contributed by atoms with Crippen LogP contribution in [-0.4, -0.2) is 50.8 Å². The van der Waals surface area contributed by atoms with Crippen molar-refractivity contribution in [2.45, 2.75) is 31.8 Å². The van der Waals surface area contributed by atoms with Crippen LogP contribution in [0.2, 0.25) is 0 Å². The first-order valence-electron chi connectivity index (χ1n) is 10.8. The molecule has 176 valence electrons. The second-order valence-electron chi connectivity index (χ2n) is 7.84. The first-order chi connectivity index (χ1) is 16.5. The zero-order valence-electron chi connectivity index (χ0n) is 18.5. The van der Waals surface area contributed by atoms with Crippen LogP contribution in [-0.2, 0) is 16.1 Å². The molecule has 3 N–H and O–H groups in total. The van der Waals surface area contributed by atoms with E-state index in [9.17, 15) is 19.2 Å². The number of aromatic nitrogens is 3. The molecule has 0 unspecified atom stereocenters. The van der Waals surface area contributed by atoms with E-state index in [0.29, 0.717) is 35.1 Å². The van der Waals surface area contributed by atoms with Gasteiger partial charge in [-0.1, -0.05) is 17.3 Å². The lowest BCUT2D eigenvalue weighted by atomic mass is 10.1. The Morgan fingerprint density at radius 2 is 2.00 bits per heavy atom. The fourth-order valence-corrected chi connectivity index (χ4v) is 4.13. The molecule has 3 aromatic rings. The Morgan fingerprint density at radius 1 is 1.18 bits per heavy atom. The van der Waals surface area contributed by atoms with Crippen molar-refractivity contribution in [2.24, 2.45) is 0 Å². The first kappa shape index (κ1) is 23.4. The number of benzene rings is 2. The minimum absolute atomic E-state index is 0.151. The number of nitrogens with one attached hydrogen (secondary N) is 3. The Balaban J connectivity index is 1.36. The smallest absolute Gasteiger partial charge is 0.277 e. The van der Waals surface area contributed by atoms with Crippen LogP contribution in [0.1, 0.15) is 29.6 Å². The molecule has 1 aliphatic heterocycles. The number of hydrogen-bond donors (Lipinski definition) is 3. The van der Waals surface area contributed by atoms with Gasteiger partial charge in [-0.15, -0.1) is 5.10 Å². The third kappa shape index (κ3) is 5.25. The maximum absolute atomic E-state index is 12.6. The molecular formula is C23H24N6O4S. The van der Waals surface area contributed by atoms with Gasteiger partial charge in [0.15, 0.2) is 0 Å². The zero-order valence-corrected chi connectivity index (χ0v) is 19.4. The number of carbonyl (C=O) groups is 3. The van der Waals surface area contributed by atoms with Crippen molar-refractivity contribution in [3.05, 3.63) is 58.4 Å². The maximum atomic E-state index is 12.6. The van der Waals surface area contributed by atoms with Crippen molar-refractivity contribution in [1.82, 2.24) is 20.3 Å². The average molecular weight is 481 g/mol. The lowest BCUT2D eigenvalue weighted by Gasteiger charge is -2.13. The molecule has 2 aromatic carbocycles. The van der Waals surface area contributed by atoms with Gasteiger partial charge in [-0.2, -0.15) is 11.8 Å². The predicted molar refractivity (Wildman–Crippen MR) is 131 cm³/mol. The van der Waals surface area contributed by atoms with Crippen LogP contribution in [0.15, 0.2) is 47.3 Å². The summed E-state index contributed by atoms with van der Waals surface area (Å²) in [4.78, 5) is 50.0. The number of rotatable bonds is 8. The summed E-state index contributed by atoms with van der Waals surface area (Å²) in [6, 6.07) is 11.1. The molecule has 0 saturated carbocycles. The van der Waals surface area contributed by atoms with E-state index >= 15 is 0 Å². The van der Waals surface area contributed by atoms with Gasteiger partial charge in [0.25, 0.3) is 11.5 Å². The summed E-state index contributed by atoms with van der Waals surface area (Å²) in [5, 5.41) is 16.7. The fraction of sp³-hybridized carbons (Fsp3) is 0.304. The van der Waals surface area contributed by atoms with E-state index in [2.05, 4.69) is 26.3 Å². The fourth-order valence-electron chi connectivity index (χ4n) is 3.66. The molecule has 4 rings (SSSR count). The Bertz CT molecular complexity index is 1310. The monoisotopic (exact) mass is 480 g/mol. The number of nitrogens with zero attached hydrogens (tertiary/aromatic N) is 3. The van der Waals surface area contributed by atoms with E-state index < -0.39 is 6.04 Å². The molecule has 1 aliphatic rings. The summed E-state index contributed by atoms with van der Waals surface area (Å²) in [6.45, 7) is 0.250. The molecular weight excluding hydrogens is 456 g/mol. The van der Waals surface area contributed by atoms with Crippen LogP contribution >= 0.6 is 11.8 Å². The Morgan fingerprint density at radius 3 is 2.82 bits per heavy atom.